The molecule has 0 aromatic heterocycles. The Kier molecular flexibility index (Phi) is 10.0. The van der Waals surface area contributed by atoms with E-state index in [9.17, 15) is 0 Å². The first-order valence-electron chi connectivity index (χ1n) is 13.3. The van der Waals surface area contributed by atoms with E-state index in [2.05, 4.69) is 31.3 Å². The van der Waals surface area contributed by atoms with Crippen LogP contribution in [0.5, 0.6) is 11.5 Å². The Bertz CT molecular complexity index is 918. The molecule has 5 nitrogen and oxygen atoms in total. The predicted molar refractivity (Wildman–Crippen MR) is 143 cm³/mol. The maximum atomic E-state index is 6.61. The van der Waals surface area contributed by atoms with E-state index in [0.717, 1.165) is 37.3 Å². The molecule has 0 radical (unpaired) electrons. The van der Waals surface area contributed by atoms with E-state index in [-0.39, 0.29) is 17.6 Å². The molecule has 5 heteroatoms. The highest BCUT2D eigenvalue weighted by Crippen LogP contribution is 2.60. The minimum atomic E-state index is 0.0544. The molecule has 2 heterocycles. The van der Waals surface area contributed by atoms with Gasteiger partial charge in [-0.2, -0.15) is 0 Å². The van der Waals surface area contributed by atoms with E-state index in [0.29, 0.717) is 18.6 Å². The van der Waals surface area contributed by atoms with Gasteiger partial charge in [0, 0.05) is 31.2 Å². The Morgan fingerprint density at radius 2 is 1.77 bits per heavy atom. The fraction of sp³-hybridized carbons (Fsp3) is 0.600. The highest BCUT2D eigenvalue weighted by atomic mass is 16.6. The maximum absolute atomic E-state index is 6.61. The Labute approximate surface area is 212 Å². The summed E-state index contributed by atoms with van der Waals surface area (Å²) < 4.78 is 23.1. The second-order valence-corrected chi connectivity index (χ2v) is 9.43. The Balaban J connectivity index is 0.000000262. The molecule has 2 aliphatic heterocycles. The van der Waals surface area contributed by atoms with Crippen molar-refractivity contribution in [2.45, 2.75) is 83.6 Å². The first-order chi connectivity index (χ1) is 17.1. The second-order valence-electron chi connectivity index (χ2n) is 9.43. The van der Waals surface area contributed by atoms with Crippen molar-refractivity contribution in [3.63, 3.8) is 0 Å². The lowest BCUT2D eigenvalue weighted by Crippen LogP contribution is -2.63. The van der Waals surface area contributed by atoms with Gasteiger partial charge >= 0.3 is 0 Å². The molecule has 35 heavy (non-hydrogen) atoms. The van der Waals surface area contributed by atoms with Crippen LogP contribution in [0.15, 0.2) is 42.5 Å². The molecule has 1 saturated heterocycles. The van der Waals surface area contributed by atoms with Crippen molar-refractivity contribution < 1.29 is 18.9 Å². The lowest BCUT2D eigenvalue weighted by molar-refractivity contribution is -0.0878. The molecule has 2 aromatic carbocycles. The SMILES string of the molecule is CC.CCc1ccc(OC)c2c1C13CCNC(C)C1CCC(OC)[C@@H]3O2.COCc1ccccc1. The first-order valence-corrected chi connectivity index (χ1v) is 13.3. The van der Waals surface area contributed by atoms with Crippen LogP contribution >= 0.6 is 0 Å². The van der Waals surface area contributed by atoms with Crippen molar-refractivity contribution in [2.75, 3.05) is 27.9 Å². The monoisotopic (exact) mass is 483 g/mol. The minimum Gasteiger partial charge on any atom is -0.493 e. The van der Waals surface area contributed by atoms with E-state index in [1.807, 2.05) is 51.3 Å². The molecule has 2 aromatic rings. The number of hydrogen-bond donors (Lipinski definition) is 1. The topological polar surface area (TPSA) is 49.0 Å². The molecule has 1 spiro atoms. The number of piperidine rings is 1. The van der Waals surface area contributed by atoms with Gasteiger partial charge in [-0.1, -0.05) is 57.2 Å². The number of hydrogen-bond acceptors (Lipinski definition) is 5. The third-order valence-electron chi connectivity index (χ3n) is 7.85. The van der Waals surface area contributed by atoms with Crippen molar-refractivity contribution in [2.24, 2.45) is 5.92 Å². The molecule has 1 N–H and O–H groups in total. The summed E-state index contributed by atoms with van der Waals surface area (Å²) >= 11 is 0. The Hall–Kier alpha value is -2.08. The van der Waals surface area contributed by atoms with Gasteiger partial charge in [-0.25, -0.2) is 0 Å². The van der Waals surface area contributed by atoms with Gasteiger partial charge in [0.05, 0.1) is 19.8 Å². The van der Waals surface area contributed by atoms with Crippen LogP contribution in [0.25, 0.3) is 0 Å². The minimum absolute atomic E-state index is 0.0544. The number of nitrogens with one attached hydrogen (secondary N) is 1. The summed E-state index contributed by atoms with van der Waals surface area (Å²) in [6.07, 6.45) is 4.65. The molecule has 194 valence electrons. The molecule has 0 amide bonds. The van der Waals surface area contributed by atoms with Gasteiger partial charge in [0.25, 0.3) is 0 Å². The zero-order valence-electron chi connectivity index (χ0n) is 22.7. The van der Waals surface area contributed by atoms with E-state index in [4.69, 9.17) is 18.9 Å². The smallest absolute Gasteiger partial charge is 0.165 e. The summed E-state index contributed by atoms with van der Waals surface area (Å²) in [5, 5.41) is 3.69. The second kappa shape index (κ2) is 12.8. The number of aryl methyl sites for hydroxylation is 1. The van der Waals surface area contributed by atoms with Crippen LogP contribution in [0.4, 0.5) is 0 Å². The van der Waals surface area contributed by atoms with Crippen LogP contribution in [-0.4, -0.2) is 46.1 Å². The van der Waals surface area contributed by atoms with Gasteiger partial charge in [-0.3, -0.25) is 0 Å². The molecule has 1 saturated carbocycles. The molecule has 1 aliphatic carbocycles. The zero-order valence-corrected chi connectivity index (χ0v) is 22.7. The predicted octanol–water partition coefficient (Wildman–Crippen LogP) is 5.92. The lowest BCUT2D eigenvalue weighted by Gasteiger charge is -2.53. The summed E-state index contributed by atoms with van der Waals surface area (Å²) in [5.74, 6) is 2.43. The van der Waals surface area contributed by atoms with Crippen LogP contribution in [0.3, 0.4) is 0 Å². The highest BCUT2D eigenvalue weighted by Gasteiger charge is 2.62. The normalized spacial score (nSPS) is 28.1. The third-order valence-corrected chi connectivity index (χ3v) is 7.85. The van der Waals surface area contributed by atoms with E-state index in [1.165, 1.54) is 23.1 Å². The van der Waals surface area contributed by atoms with Crippen molar-refractivity contribution in [1.29, 1.82) is 0 Å². The highest BCUT2D eigenvalue weighted by molar-refractivity contribution is 5.59. The average molecular weight is 484 g/mol. The van der Waals surface area contributed by atoms with Crippen molar-refractivity contribution in [1.82, 2.24) is 5.32 Å². The average Bonchev–Trinajstić information content (AvgIpc) is 3.25. The van der Waals surface area contributed by atoms with Gasteiger partial charge in [0.1, 0.15) is 6.10 Å². The number of benzene rings is 2. The third kappa shape index (κ3) is 5.23. The summed E-state index contributed by atoms with van der Waals surface area (Å²) in [6.45, 7) is 10.3. The fourth-order valence-corrected chi connectivity index (χ4v) is 6.40. The van der Waals surface area contributed by atoms with Crippen molar-refractivity contribution in [3.8, 4) is 11.5 Å². The number of fused-ring (bicyclic) bond motifs is 1. The Morgan fingerprint density at radius 3 is 2.40 bits per heavy atom. The number of ether oxygens (including phenoxy) is 4. The van der Waals surface area contributed by atoms with Gasteiger partial charge in [-0.15, -0.1) is 0 Å². The fourth-order valence-electron chi connectivity index (χ4n) is 6.40. The van der Waals surface area contributed by atoms with E-state index in [1.54, 1.807) is 14.2 Å². The van der Waals surface area contributed by atoms with Gasteiger partial charge in [0.2, 0.25) is 0 Å². The number of methoxy groups -OCH3 is 3. The standard InChI is InChI=1S/C20H29NO3.C8H10O.C2H6/c1-5-13-6-8-15(22-3)18-17(13)20-10-11-21-12(2)14(20)7-9-16(23-4)19(20)24-18;1-9-7-8-5-3-2-4-6-8;1-2/h6,8,12,14,16,19,21H,5,7,9-11H2,1-4H3;2-6H,7H2,1H3;1-2H3/t12?,14?,16?,19-,20?;;/m0../s1. The largest absolute Gasteiger partial charge is 0.493 e. The lowest BCUT2D eigenvalue weighted by atomic mass is 9.55. The molecule has 5 rings (SSSR count). The summed E-state index contributed by atoms with van der Waals surface area (Å²) in [5.41, 5.74) is 4.09. The summed E-state index contributed by atoms with van der Waals surface area (Å²) in [6, 6.07) is 14.9. The van der Waals surface area contributed by atoms with Gasteiger partial charge in [-0.05, 0) is 62.3 Å². The summed E-state index contributed by atoms with van der Waals surface area (Å²) in [7, 11) is 5.26. The molecule has 4 unspecified atom stereocenters. The summed E-state index contributed by atoms with van der Waals surface area (Å²) in [4.78, 5) is 0. The zero-order chi connectivity index (χ0) is 25.4. The van der Waals surface area contributed by atoms with Gasteiger partial charge in [0.15, 0.2) is 11.5 Å². The van der Waals surface area contributed by atoms with E-state index < -0.39 is 0 Å². The number of rotatable bonds is 5. The Morgan fingerprint density at radius 1 is 1.03 bits per heavy atom. The molecule has 2 fully saturated rings. The molecular weight excluding hydrogens is 438 g/mol. The van der Waals surface area contributed by atoms with Gasteiger partial charge < -0.3 is 24.3 Å². The molecule has 3 aliphatic rings. The quantitative estimate of drug-likeness (QED) is 0.572. The van der Waals surface area contributed by atoms with E-state index >= 15 is 0 Å². The van der Waals surface area contributed by atoms with Crippen LogP contribution in [0.2, 0.25) is 0 Å². The van der Waals surface area contributed by atoms with Crippen LogP contribution in [0, 0.1) is 5.92 Å². The van der Waals surface area contributed by atoms with Crippen LogP contribution < -0.4 is 14.8 Å². The van der Waals surface area contributed by atoms with Crippen molar-refractivity contribution in [3.05, 3.63) is 59.2 Å². The maximum Gasteiger partial charge on any atom is 0.165 e. The van der Waals surface area contributed by atoms with Crippen LogP contribution in [-0.2, 0) is 27.9 Å². The molecular formula is C30H45NO4. The van der Waals surface area contributed by atoms with Crippen molar-refractivity contribution >= 4 is 0 Å². The molecule has 0 bridgehead atoms. The van der Waals surface area contributed by atoms with Crippen LogP contribution in [0.1, 0.15) is 63.6 Å². The molecule has 5 atom stereocenters. The first kappa shape index (κ1) is 27.5.